The van der Waals surface area contributed by atoms with Crippen molar-refractivity contribution < 1.29 is 13.5 Å². The molecular formula is C16H16O3S. The van der Waals surface area contributed by atoms with Gasteiger partial charge in [0.25, 0.3) is 0 Å². The summed E-state index contributed by atoms with van der Waals surface area (Å²) in [5.41, 5.74) is 1.05. The van der Waals surface area contributed by atoms with Crippen molar-refractivity contribution in [1.29, 1.82) is 0 Å². The van der Waals surface area contributed by atoms with Crippen molar-refractivity contribution >= 4 is 9.84 Å². The van der Waals surface area contributed by atoms with E-state index in [4.69, 9.17) is 0 Å². The van der Waals surface area contributed by atoms with Gasteiger partial charge in [0.2, 0.25) is 0 Å². The van der Waals surface area contributed by atoms with Crippen molar-refractivity contribution in [2.75, 3.05) is 5.75 Å². The molecule has 2 aromatic rings. The Hall–Kier alpha value is -1.65. The highest BCUT2D eigenvalue weighted by Gasteiger charge is 2.41. The largest absolute Gasteiger partial charge is 0.380 e. The molecule has 104 valence electrons. The average Bonchev–Trinajstić information content (AvgIpc) is 2.44. The molecule has 1 atom stereocenters. The lowest BCUT2D eigenvalue weighted by atomic mass is 9.83. The Morgan fingerprint density at radius 2 is 1.85 bits per heavy atom. The van der Waals surface area contributed by atoms with Crippen LogP contribution in [-0.2, 0) is 15.4 Å². The smallest absolute Gasteiger partial charge is 0.178 e. The highest BCUT2D eigenvalue weighted by atomic mass is 32.2. The molecule has 0 aliphatic carbocycles. The summed E-state index contributed by atoms with van der Waals surface area (Å²) >= 11 is 0. The molecule has 0 amide bonds. The van der Waals surface area contributed by atoms with E-state index in [1.165, 1.54) is 0 Å². The van der Waals surface area contributed by atoms with Gasteiger partial charge in [-0.05, 0) is 25.0 Å². The minimum Gasteiger partial charge on any atom is -0.380 e. The number of fused-ring (bicyclic) bond motifs is 1. The van der Waals surface area contributed by atoms with E-state index in [9.17, 15) is 13.5 Å². The van der Waals surface area contributed by atoms with Crippen molar-refractivity contribution in [3.63, 3.8) is 0 Å². The van der Waals surface area contributed by atoms with Crippen LogP contribution < -0.4 is 0 Å². The summed E-state index contributed by atoms with van der Waals surface area (Å²) in [6, 6.07) is 14.3. The Morgan fingerprint density at radius 1 is 1.10 bits per heavy atom. The Labute approximate surface area is 118 Å². The maximum atomic E-state index is 12.1. The third kappa shape index (κ3) is 1.96. The van der Waals surface area contributed by atoms with Gasteiger partial charge in [0.1, 0.15) is 5.60 Å². The predicted octanol–water partition coefficient (Wildman–Crippen LogP) is 2.41. The lowest BCUT2D eigenvalue weighted by Crippen LogP contribution is -2.36. The van der Waals surface area contributed by atoms with Gasteiger partial charge < -0.3 is 5.11 Å². The van der Waals surface area contributed by atoms with Crippen molar-refractivity contribution in [1.82, 2.24) is 0 Å². The molecule has 3 rings (SSSR count). The summed E-state index contributed by atoms with van der Waals surface area (Å²) in [6.45, 7) is 1.96. The summed E-state index contributed by atoms with van der Waals surface area (Å²) < 4.78 is 24.3. The van der Waals surface area contributed by atoms with E-state index in [2.05, 4.69) is 0 Å². The van der Waals surface area contributed by atoms with E-state index in [1.807, 2.05) is 31.2 Å². The van der Waals surface area contributed by atoms with Gasteiger partial charge in [0.05, 0.1) is 10.6 Å². The third-order valence-corrected chi connectivity index (χ3v) is 5.66. The second-order valence-electron chi connectivity index (χ2n) is 5.29. The van der Waals surface area contributed by atoms with Crippen LogP contribution in [0.4, 0.5) is 0 Å². The minimum atomic E-state index is -3.29. The van der Waals surface area contributed by atoms with Gasteiger partial charge in [-0.2, -0.15) is 0 Å². The predicted molar refractivity (Wildman–Crippen MR) is 77.3 cm³/mol. The number of benzene rings is 2. The zero-order chi connectivity index (χ0) is 14.4. The summed E-state index contributed by atoms with van der Waals surface area (Å²) in [5, 5.41) is 11.1. The zero-order valence-electron chi connectivity index (χ0n) is 11.2. The maximum Gasteiger partial charge on any atom is 0.178 e. The highest BCUT2D eigenvalue weighted by Crippen LogP contribution is 2.41. The molecule has 4 heteroatoms. The summed E-state index contributed by atoms with van der Waals surface area (Å²) in [6.07, 6.45) is 0.190. The number of hydrogen-bond donors (Lipinski definition) is 1. The van der Waals surface area contributed by atoms with E-state index in [1.54, 1.807) is 24.3 Å². The van der Waals surface area contributed by atoms with Crippen LogP contribution in [0.25, 0.3) is 0 Å². The maximum absolute atomic E-state index is 12.1. The van der Waals surface area contributed by atoms with Gasteiger partial charge in [0.15, 0.2) is 9.84 Å². The fourth-order valence-corrected chi connectivity index (χ4v) is 4.45. The first-order valence-corrected chi connectivity index (χ1v) is 8.20. The third-order valence-electron chi connectivity index (χ3n) is 3.90. The lowest BCUT2D eigenvalue weighted by Gasteiger charge is -2.34. The van der Waals surface area contributed by atoms with Crippen LogP contribution in [0.2, 0.25) is 0 Å². The average molecular weight is 288 g/mol. The van der Waals surface area contributed by atoms with Crippen LogP contribution in [0.5, 0.6) is 0 Å². The molecule has 0 radical (unpaired) electrons. The molecule has 1 aliphatic rings. The van der Waals surface area contributed by atoms with Crippen LogP contribution in [0, 0.1) is 6.92 Å². The van der Waals surface area contributed by atoms with Gasteiger partial charge in [-0.3, -0.25) is 0 Å². The number of hydrogen-bond acceptors (Lipinski definition) is 3. The molecule has 1 unspecified atom stereocenters. The van der Waals surface area contributed by atoms with Crippen molar-refractivity contribution in [3.8, 4) is 0 Å². The summed E-state index contributed by atoms with van der Waals surface area (Å²) in [5.74, 6) is -0.0333. The molecule has 0 fully saturated rings. The van der Waals surface area contributed by atoms with Gasteiger partial charge in [-0.15, -0.1) is 0 Å². The topological polar surface area (TPSA) is 54.4 Å². The van der Waals surface area contributed by atoms with Gasteiger partial charge in [-0.25, -0.2) is 8.42 Å². The molecule has 0 spiro atoms. The fraction of sp³-hybridized carbons (Fsp3) is 0.250. The number of aliphatic hydroxyl groups is 1. The number of aryl methyl sites for hydroxylation is 1. The van der Waals surface area contributed by atoms with Crippen LogP contribution >= 0.6 is 0 Å². The number of sulfone groups is 1. The normalized spacial score (nSPS) is 24.1. The van der Waals surface area contributed by atoms with Gasteiger partial charge >= 0.3 is 0 Å². The molecule has 1 aliphatic heterocycles. The summed E-state index contributed by atoms with van der Waals surface area (Å²) in [7, 11) is -3.29. The first-order chi connectivity index (χ1) is 9.43. The Morgan fingerprint density at radius 3 is 2.60 bits per heavy atom. The summed E-state index contributed by atoms with van der Waals surface area (Å²) in [4.78, 5) is 0.246. The molecule has 1 N–H and O–H groups in total. The van der Waals surface area contributed by atoms with Gasteiger partial charge in [0, 0.05) is 5.56 Å². The first-order valence-electron chi connectivity index (χ1n) is 6.55. The SMILES string of the molecule is Cc1cccc(C2(O)CCS(=O)(=O)c3ccccc32)c1. The second-order valence-corrected chi connectivity index (χ2v) is 7.37. The molecule has 0 saturated carbocycles. The minimum absolute atomic E-state index is 0.0333. The molecular weight excluding hydrogens is 272 g/mol. The standard InChI is InChI=1S/C16H16O3S/c1-12-5-4-6-13(11-12)16(17)9-10-20(18,19)15-8-3-2-7-14(15)16/h2-8,11,17H,9-10H2,1H3. The van der Waals surface area contributed by atoms with E-state index in [0.717, 1.165) is 11.1 Å². The highest BCUT2D eigenvalue weighted by molar-refractivity contribution is 7.91. The molecule has 0 aromatic heterocycles. The lowest BCUT2D eigenvalue weighted by molar-refractivity contribution is 0.0717. The molecule has 0 bridgehead atoms. The van der Waals surface area contributed by atoms with Crippen molar-refractivity contribution in [2.24, 2.45) is 0 Å². The number of rotatable bonds is 1. The molecule has 2 aromatic carbocycles. The molecule has 1 heterocycles. The van der Waals surface area contributed by atoms with Crippen LogP contribution in [0.1, 0.15) is 23.1 Å². The fourth-order valence-electron chi connectivity index (χ4n) is 2.81. The molecule has 0 saturated heterocycles. The first kappa shape index (κ1) is 13.3. The Bertz CT molecular complexity index is 765. The Balaban J connectivity index is 2.26. The van der Waals surface area contributed by atoms with E-state index in [-0.39, 0.29) is 17.1 Å². The second kappa shape index (κ2) is 4.43. The van der Waals surface area contributed by atoms with E-state index in [0.29, 0.717) is 5.56 Å². The van der Waals surface area contributed by atoms with Crippen molar-refractivity contribution in [3.05, 3.63) is 65.2 Å². The molecule has 3 nitrogen and oxygen atoms in total. The quantitative estimate of drug-likeness (QED) is 0.876. The zero-order valence-corrected chi connectivity index (χ0v) is 12.0. The van der Waals surface area contributed by atoms with E-state index >= 15 is 0 Å². The van der Waals surface area contributed by atoms with Crippen LogP contribution in [0.3, 0.4) is 0 Å². The molecule has 20 heavy (non-hydrogen) atoms. The van der Waals surface area contributed by atoms with Crippen LogP contribution in [-0.4, -0.2) is 19.3 Å². The van der Waals surface area contributed by atoms with Crippen LogP contribution in [0.15, 0.2) is 53.4 Å². The monoisotopic (exact) mass is 288 g/mol. The van der Waals surface area contributed by atoms with E-state index < -0.39 is 15.4 Å². The van der Waals surface area contributed by atoms with Crippen molar-refractivity contribution in [2.45, 2.75) is 23.8 Å². The Kier molecular flexibility index (Phi) is 2.96. The van der Waals surface area contributed by atoms with Gasteiger partial charge in [-0.1, -0.05) is 48.0 Å².